The molecule has 0 saturated carbocycles. The van der Waals surface area contributed by atoms with Crippen LogP contribution in [-0.4, -0.2) is 193 Å². The Morgan fingerprint density at radius 2 is 0.795 bits per heavy atom. The normalized spacial score (nSPS) is 29.1. The van der Waals surface area contributed by atoms with E-state index in [-0.39, 0.29) is 12.3 Å². The number of aliphatic hydroxyl groups is 11. The molecule has 0 aliphatic carbocycles. The SMILES string of the molecule is CC/C=C\C/C=C\C/C=C\C/C=C\C/C=C\C/C=C\CCCCC(=O)NC(COC1OC(CO)C(OC2OC(CO)C(OC3OC(CO)C(O)C(O)C3O)C(O)C2O)C(O)C1O)C(O)/C=C/CC/C=C/CC/C=C/CCCCCCCCCCCCCC. The van der Waals surface area contributed by atoms with Gasteiger partial charge in [-0.1, -0.05) is 194 Å². The number of nitrogens with one attached hydrogen (secondary N) is 1. The number of carbonyl (C=O) groups is 1. The monoisotopic (exact) mass is 1250 g/mol. The molecule has 3 heterocycles. The summed E-state index contributed by atoms with van der Waals surface area (Å²) in [6, 6.07) is -1.03. The van der Waals surface area contributed by atoms with Gasteiger partial charge in [-0.2, -0.15) is 0 Å². The Morgan fingerprint density at radius 3 is 1.27 bits per heavy atom. The van der Waals surface area contributed by atoms with Crippen molar-refractivity contribution in [2.45, 2.75) is 291 Å². The first-order chi connectivity index (χ1) is 42.8. The number of aliphatic hydroxyl groups excluding tert-OH is 11. The van der Waals surface area contributed by atoms with Crippen LogP contribution in [0.1, 0.15) is 187 Å². The lowest BCUT2D eigenvalue weighted by molar-refractivity contribution is -0.379. The predicted octanol–water partition coefficient (Wildman–Crippen LogP) is 7.88. The van der Waals surface area contributed by atoms with Gasteiger partial charge in [-0.3, -0.25) is 4.79 Å². The number of amides is 1. The molecule has 3 saturated heterocycles. The molecule has 88 heavy (non-hydrogen) atoms. The van der Waals surface area contributed by atoms with Crippen LogP contribution in [-0.2, 0) is 33.2 Å². The topological polar surface area (TPSA) is 307 Å². The molecule has 17 unspecified atom stereocenters. The zero-order valence-corrected chi connectivity index (χ0v) is 52.9. The highest BCUT2D eigenvalue weighted by Crippen LogP contribution is 2.33. The van der Waals surface area contributed by atoms with Crippen molar-refractivity contribution in [2.75, 3.05) is 26.4 Å². The number of carbonyl (C=O) groups excluding carboxylic acids is 1. The standard InChI is InChI=1S/C69H115NO18/c1-3-5-7-9-11-13-15-17-19-21-23-25-27-28-30-32-34-36-38-40-42-44-46-53(74)52(70-57(75)47-45-43-41-39-37-35-33-31-29-26-24-22-20-18-16-14-12-10-8-6-4-2)51-83-67-63(81)60(78)65(55(49-72)85-67)88-69-64(82)61(79)66(56(50-73)86-69)87-68-62(80)59(77)58(76)54(48-71)84-68/h6,8,12,14,18,20,24,26,28,30-31,33,36-39,44,46,52-56,58-69,71-74,76-82H,3-5,7,9-11,13,15-17,19,21-23,25,27,29,32,34-35,40-43,45,47-51H2,1-2H3,(H,70,75)/b8-6-,14-12-,20-18-,26-24-,30-28+,33-31-,38-36+,39-37-,46-44+. The number of hydrogen-bond acceptors (Lipinski definition) is 18. The summed E-state index contributed by atoms with van der Waals surface area (Å²) in [5.74, 6) is -0.336. The Kier molecular flexibility index (Phi) is 44.8. The summed E-state index contributed by atoms with van der Waals surface area (Å²) in [7, 11) is 0. The third-order valence-electron chi connectivity index (χ3n) is 15.8. The van der Waals surface area contributed by atoms with Gasteiger partial charge in [-0.15, -0.1) is 0 Å². The maximum Gasteiger partial charge on any atom is 0.220 e. The number of rotatable bonds is 48. The van der Waals surface area contributed by atoms with Crippen molar-refractivity contribution in [1.82, 2.24) is 5.32 Å². The van der Waals surface area contributed by atoms with Gasteiger partial charge < -0.3 is 89.9 Å². The first kappa shape index (κ1) is 78.7. The zero-order valence-electron chi connectivity index (χ0n) is 52.9. The largest absolute Gasteiger partial charge is 0.394 e. The summed E-state index contributed by atoms with van der Waals surface area (Å²) in [5, 5.41) is 120. The van der Waals surface area contributed by atoms with E-state index in [4.69, 9.17) is 28.4 Å². The van der Waals surface area contributed by atoms with Gasteiger partial charge in [0.05, 0.1) is 38.6 Å². The van der Waals surface area contributed by atoms with Crippen molar-refractivity contribution < 1.29 is 89.4 Å². The van der Waals surface area contributed by atoms with E-state index in [1.54, 1.807) is 6.08 Å². The van der Waals surface area contributed by atoms with Crippen molar-refractivity contribution in [3.05, 3.63) is 109 Å². The molecule has 3 fully saturated rings. The van der Waals surface area contributed by atoms with Crippen LogP contribution in [0, 0.1) is 0 Å². The molecule has 19 nitrogen and oxygen atoms in total. The van der Waals surface area contributed by atoms with Crippen LogP contribution in [0.15, 0.2) is 109 Å². The quantitative estimate of drug-likeness (QED) is 0.0204. The Balaban J connectivity index is 1.51. The molecule has 0 aromatic carbocycles. The van der Waals surface area contributed by atoms with Crippen LogP contribution in [0.2, 0.25) is 0 Å². The molecule has 3 rings (SSSR count). The fourth-order valence-electron chi connectivity index (χ4n) is 10.4. The molecule has 17 atom stereocenters. The summed E-state index contributed by atoms with van der Waals surface area (Å²) in [6.45, 7) is 1.54. The third kappa shape index (κ3) is 32.1. The van der Waals surface area contributed by atoms with Crippen LogP contribution in [0.4, 0.5) is 0 Å². The van der Waals surface area contributed by atoms with Gasteiger partial charge in [0.25, 0.3) is 0 Å². The summed E-state index contributed by atoms with van der Waals surface area (Å²) in [6.07, 6.45) is 39.2. The van der Waals surface area contributed by atoms with Crippen molar-refractivity contribution in [3.63, 3.8) is 0 Å². The van der Waals surface area contributed by atoms with Gasteiger partial charge in [0.1, 0.15) is 73.2 Å². The molecule has 0 aromatic rings. The highest BCUT2D eigenvalue weighted by atomic mass is 16.8. The summed E-state index contributed by atoms with van der Waals surface area (Å²) < 4.78 is 34.3. The minimum atomic E-state index is -1.99. The first-order valence-electron chi connectivity index (χ1n) is 33.1. The van der Waals surface area contributed by atoms with Gasteiger partial charge in [-0.05, 0) is 96.3 Å². The maximum absolute atomic E-state index is 13.4. The highest BCUT2D eigenvalue weighted by molar-refractivity contribution is 5.76. The molecule has 1 amide bonds. The molecule has 3 aliphatic heterocycles. The summed E-state index contributed by atoms with van der Waals surface area (Å²) in [4.78, 5) is 13.4. The molecule has 0 radical (unpaired) electrons. The van der Waals surface area contributed by atoms with E-state index in [1.807, 2.05) is 6.08 Å². The summed E-state index contributed by atoms with van der Waals surface area (Å²) in [5.41, 5.74) is 0. The Hall–Kier alpha value is -3.55. The Bertz CT molecular complexity index is 2020. The molecular weight excluding hydrogens is 1130 g/mol. The van der Waals surface area contributed by atoms with E-state index in [9.17, 15) is 61.0 Å². The second kappa shape index (κ2) is 50.1. The lowest BCUT2D eigenvalue weighted by Gasteiger charge is -2.48. The van der Waals surface area contributed by atoms with Crippen molar-refractivity contribution in [3.8, 4) is 0 Å². The zero-order chi connectivity index (χ0) is 64.0. The van der Waals surface area contributed by atoms with E-state index < -0.39 is 131 Å². The molecule has 0 aromatic heterocycles. The Labute approximate surface area is 525 Å². The number of allylic oxidation sites excluding steroid dienone is 17. The Morgan fingerprint density at radius 1 is 0.420 bits per heavy atom. The van der Waals surface area contributed by atoms with E-state index in [0.29, 0.717) is 12.8 Å². The molecule has 504 valence electrons. The summed E-state index contributed by atoms with van der Waals surface area (Å²) >= 11 is 0. The van der Waals surface area contributed by atoms with Gasteiger partial charge in [-0.25, -0.2) is 0 Å². The second-order valence-corrected chi connectivity index (χ2v) is 23.2. The molecule has 0 bridgehead atoms. The number of ether oxygens (including phenoxy) is 6. The van der Waals surface area contributed by atoms with Crippen LogP contribution in [0.3, 0.4) is 0 Å². The van der Waals surface area contributed by atoms with Gasteiger partial charge in [0.2, 0.25) is 5.91 Å². The first-order valence-corrected chi connectivity index (χ1v) is 33.1. The fraction of sp³-hybridized carbons (Fsp3) is 0.725. The van der Waals surface area contributed by atoms with Crippen LogP contribution < -0.4 is 5.32 Å². The fourth-order valence-corrected chi connectivity index (χ4v) is 10.4. The number of unbranched alkanes of at least 4 members (excludes halogenated alkanes) is 16. The minimum Gasteiger partial charge on any atom is -0.394 e. The van der Waals surface area contributed by atoms with Crippen LogP contribution in [0.25, 0.3) is 0 Å². The van der Waals surface area contributed by atoms with E-state index in [2.05, 4.69) is 116 Å². The van der Waals surface area contributed by atoms with Crippen molar-refractivity contribution in [1.29, 1.82) is 0 Å². The second-order valence-electron chi connectivity index (χ2n) is 23.2. The van der Waals surface area contributed by atoms with Crippen LogP contribution in [0.5, 0.6) is 0 Å². The third-order valence-corrected chi connectivity index (χ3v) is 15.8. The lowest BCUT2D eigenvalue weighted by atomic mass is 9.96. The van der Waals surface area contributed by atoms with Gasteiger partial charge in [0, 0.05) is 6.42 Å². The molecule has 3 aliphatic rings. The average Bonchev–Trinajstić information content (AvgIpc) is 3.72. The van der Waals surface area contributed by atoms with Crippen LogP contribution >= 0.6 is 0 Å². The number of hydrogen-bond donors (Lipinski definition) is 12. The smallest absolute Gasteiger partial charge is 0.220 e. The lowest BCUT2D eigenvalue weighted by Crippen LogP contribution is -2.66. The average molecular weight is 1250 g/mol. The predicted molar refractivity (Wildman–Crippen MR) is 341 cm³/mol. The van der Waals surface area contributed by atoms with E-state index in [0.717, 1.165) is 77.0 Å². The molecule has 0 spiro atoms. The van der Waals surface area contributed by atoms with Crippen molar-refractivity contribution in [2.24, 2.45) is 0 Å². The van der Waals surface area contributed by atoms with E-state index in [1.165, 1.54) is 77.0 Å². The van der Waals surface area contributed by atoms with Gasteiger partial charge in [0.15, 0.2) is 18.9 Å². The highest BCUT2D eigenvalue weighted by Gasteiger charge is 2.53. The van der Waals surface area contributed by atoms with Crippen molar-refractivity contribution >= 4 is 5.91 Å². The minimum absolute atomic E-state index is 0.170. The molecule has 19 heteroatoms. The van der Waals surface area contributed by atoms with Gasteiger partial charge >= 0.3 is 0 Å². The molecular formula is C69H115NO18. The molecule has 12 N–H and O–H groups in total. The van der Waals surface area contributed by atoms with E-state index >= 15 is 0 Å². The maximum atomic E-state index is 13.4.